The topological polar surface area (TPSA) is 66.8 Å². The van der Waals surface area contributed by atoms with E-state index in [1.807, 2.05) is 0 Å². The van der Waals surface area contributed by atoms with Crippen molar-refractivity contribution in [2.45, 2.75) is 20.0 Å². The summed E-state index contributed by atoms with van der Waals surface area (Å²) in [5, 5.41) is 18.2. The molecule has 1 rings (SSSR count). The van der Waals surface area contributed by atoms with Crippen LogP contribution in [0, 0.1) is 13.8 Å². The fourth-order valence-corrected chi connectivity index (χ4v) is 1.61. The first-order valence-electron chi connectivity index (χ1n) is 4.53. The Bertz CT molecular complexity index is 361. The molecule has 2 N–H and O–H groups in total. The lowest BCUT2D eigenvalue weighted by Crippen LogP contribution is -2.13. The molecule has 0 radical (unpaired) electrons. The molecule has 1 aromatic carbocycles. The van der Waals surface area contributed by atoms with Crippen molar-refractivity contribution in [1.82, 2.24) is 0 Å². The Balaban J connectivity index is 3.25. The Kier molecular flexibility index (Phi) is 3.31. The summed E-state index contributed by atoms with van der Waals surface area (Å²) in [5.74, 6) is -0.585. The van der Waals surface area contributed by atoms with Gasteiger partial charge in [-0.15, -0.1) is 0 Å². The Labute approximate surface area is 88.1 Å². The molecule has 15 heavy (non-hydrogen) atoms. The van der Waals surface area contributed by atoms with Crippen molar-refractivity contribution in [3.63, 3.8) is 0 Å². The van der Waals surface area contributed by atoms with Crippen molar-refractivity contribution in [2.24, 2.45) is 0 Å². The maximum atomic E-state index is 10.7. The summed E-state index contributed by atoms with van der Waals surface area (Å²) >= 11 is 0. The lowest BCUT2D eigenvalue weighted by Gasteiger charge is -2.14. The van der Waals surface area contributed by atoms with E-state index in [2.05, 4.69) is 0 Å². The van der Waals surface area contributed by atoms with E-state index in [0.717, 1.165) is 0 Å². The fraction of sp³-hybridized carbons (Fsp3) is 0.364. The predicted octanol–water partition coefficient (Wildman–Crippen LogP) is 1.43. The highest BCUT2D eigenvalue weighted by Gasteiger charge is 2.20. The van der Waals surface area contributed by atoms with Crippen LogP contribution in [0.4, 0.5) is 0 Å². The summed E-state index contributed by atoms with van der Waals surface area (Å²) in [5.41, 5.74) is 1.85. The number of methoxy groups -OCH3 is 1. The van der Waals surface area contributed by atoms with Gasteiger partial charge < -0.3 is 14.9 Å². The number of aliphatic carboxylic acids is 1. The van der Waals surface area contributed by atoms with Crippen LogP contribution in [0.3, 0.4) is 0 Å². The highest BCUT2D eigenvalue weighted by atomic mass is 16.5. The van der Waals surface area contributed by atoms with Crippen LogP contribution in [-0.2, 0) is 4.79 Å². The summed E-state index contributed by atoms with van der Waals surface area (Å²) in [6.07, 6.45) is -1.48. The third-order valence-corrected chi connectivity index (χ3v) is 2.31. The zero-order valence-electron chi connectivity index (χ0n) is 8.94. The van der Waals surface area contributed by atoms with Gasteiger partial charge in [-0.25, -0.2) is 4.79 Å². The molecule has 0 saturated heterocycles. The average molecular weight is 210 g/mol. The van der Waals surface area contributed by atoms with Gasteiger partial charge in [0.15, 0.2) is 6.10 Å². The lowest BCUT2D eigenvalue weighted by molar-refractivity contribution is -0.147. The number of aliphatic hydroxyl groups is 1. The van der Waals surface area contributed by atoms with E-state index in [1.165, 1.54) is 0 Å². The molecule has 0 aromatic heterocycles. The molecule has 0 bridgehead atoms. The lowest BCUT2D eigenvalue weighted by atomic mass is 9.97. The third kappa shape index (κ3) is 2.27. The first-order chi connectivity index (χ1) is 6.97. The van der Waals surface area contributed by atoms with E-state index in [1.54, 1.807) is 33.1 Å². The molecule has 4 nitrogen and oxygen atoms in total. The van der Waals surface area contributed by atoms with Crippen LogP contribution in [0.2, 0.25) is 0 Å². The summed E-state index contributed by atoms with van der Waals surface area (Å²) in [4.78, 5) is 10.7. The molecule has 4 heteroatoms. The molecule has 0 spiro atoms. The smallest absolute Gasteiger partial charge is 0.337 e. The second kappa shape index (κ2) is 4.31. The van der Waals surface area contributed by atoms with E-state index in [-0.39, 0.29) is 0 Å². The number of rotatable bonds is 3. The first-order valence-corrected chi connectivity index (χ1v) is 4.53. The monoisotopic (exact) mass is 210 g/mol. The number of carboxylic acid groups (broad SMARTS) is 1. The molecular formula is C11H14O4. The van der Waals surface area contributed by atoms with E-state index in [0.29, 0.717) is 22.4 Å². The minimum atomic E-state index is -1.48. The Morgan fingerprint density at radius 2 is 1.80 bits per heavy atom. The molecule has 0 amide bonds. The van der Waals surface area contributed by atoms with Gasteiger partial charge in [0.2, 0.25) is 0 Å². The van der Waals surface area contributed by atoms with Crippen molar-refractivity contribution < 1.29 is 19.7 Å². The number of hydrogen-bond donors (Lipinski definition) is 2. The molecule has 1 atom stereocenters. The number of hydrogen-bond acceptors (Lipinski definition) is 3. The SMILES string of the molecule is COc1cc(C)c(C(O)C(=O)O)c(C)c1. The van der Waals surface area contributed by atoms with E-state index < -0.39 is 12.1 Å². The maximum Gasteiger partial charge on any atom is 0.337 e. The molecule has 1 aromatic rings. The van der Waals surface area contributed by atoms with Crippen LogP contribution in [0.25, 0.3) is 0 Å². The Morgan fingerprint density at radius 3 is 2.13 bits per heavy atom. The van der Waals surface area contributed by atoms with E-state index in [4.69, 9.17) is 9.84 Å². The zero-order valence-corrected chi connectivity index (χ0v) is 8.94. The molecule has 0 aliphatic heterocycles. The average Bonchev–Trinajstić information content (AvgIpc) is 2.16. The largest absolute Gasteiger partial charge is 0.497 e. The fourth-order valence-electron chi connectivity index (χ4n) is 1.61. The van der Waals surface area contributed by atoms with Crippen molar-refractivity contribution >= 4 is 5.97 Å². The quantitative estimate of drug-likeness (QED) is 0.792. The minimum Gasteiger partial charge on any atom is -0.497 e. The summed E-state index contributed by atoms with van der Waals surface area (Å²) in [7, 11) is 1.54. The highest BCUT2D eigenvalue weighted by Crippen LogP contribution is 2.26. The van der Waals surface area contributed by atoms with Gasteiger partial charge >= 0.3 is 5.97 Å². The predicted molar refractivity (Wildman–Crippen MR) is 55.1 cm³/mol. The zero-order chi connectivity index (χ0) is 11.6. The number of aryl methyl sites for hydroxylation is 2. The van der Waals surface area contributed by atoms with E-state index >= 15 is 0 Å². The second-order valence-corrected chi connectivity index (χ2v) is 3.42. The van der Waals surface area contributed by atoms with E-state index in [9.17, 15) is 9.90 Å². The molecule has 0 heterocycles. The van der Waals surface area contributed by atoms with Gasteiger partial charge in [0.05, 0.1) is 7.11 Å². The van der Waals surface area contributed by atoms with Crippen LogP contribution in [0.1, 0.15) is 22.8 Å². The number of ether oxygens (including phenoxy) is 1. The molecule has 82 valence electrons. The van der Waals surface area contributed by atoms with Crippen molar-refractivity contribution in [3.8, 4) is 5.75 Å². The van der Waals surface area contributed by atoms with Crippen molar-refractivity contribution in [1.29, 1.82) is 0 Å². The van der Waals surface area contributed by atoms with Gasteiger partial charge in [-0.2, -0.15) is 0 Å². The highest BCUT2D eigenvalue weighted by molar-refractivity contribution is 5.75. The summed E-state index contributed by atoms with van der Waals surface area (Å²) in [6, 6.07) is 3.41. The van der Waals surface area contributed by atoms with Crippen LogP contribution >= 0.6 is 0 Å². The number of carboxylic acids is 1. The van der Waals surface area contributed by atoms with Crippen LogP contribution < -0.4 is 4.74 Å². The molecular weight excluding hydrogens is 196 g/mol. The normalized spacial score (nSPS) is 12.3. The van der Waals surface area contributed by atoms with Gasteiger partial charge in [-0.1, -0.05) is 0 Å². The van der Waals surface area contributed by atoms with Gasteiger partial charge in [0, 0.05) is 0 Å². The summed E-state index contributed by atoms with van der Waals surface area (Å²) < 4.78 is 5.04. The van der Waals surface area contributed by atoms with Gasteiger partial charge in [0.25, 0.3) is 0 Å². The number of benzene rings is 1. The Hall–Kier alpha value is -1.55. The van der Waals surface area contributed by atoms with Crippen LogP contribution in [-0.4, -0.2) is 23.3 Å². The van der Waals surface area contributed by atoms with Crippen LogP contribution in [0.5, 0.6) is 5.75 Å². The minimum absolute atomic E-state index is 0.434. The van der Waals surface area contributed by atoms with Gasteiger partial charge in [-0.05, 0) is 42.7 Å². The molecule has 0 fully saturated rings. The number of aliphatic hydroxyl groups excluding tert-OH is 1. The van der Waals surface area contributed by atoms with Crippen molar-refractivity contribution in [3.05, 3.63) is 28.8 Å². The maximum absolute atomic E-state index is 10.7. The molecule has 0 saturated carbocycles. The van der Waals surface area contributed by atoms with Crippen molar-refractivity contribution in [2.75, 3.05) is 7.11 Å². The Morgan fingerprint density at radius 1 is 1.33 bits per heavy atom. The van der Waals surface area contributed by atoms with Crippen LogP contribution in [0.15, 0.2) is 12.1 Å². The van der Waals surface area contributed by atoms with Gasteiger partial charge in [0.1, 0.15) is 5.75 Å². The molecule has 1 unspecified atom stereocenters. The second-order valence-electron chi connectivity index (χ2n) is 3.42. The molecule has 0 aliphatic carbocycles. The van der Waals surface area contributed by atoms with Gasteiger partial charge in [-0.3, -0.25) is 0 Å². The third-order valence-electron chi connectivity index (χ3n) is 2.31. The summed E-state index contributed by atoms with van der Waals surface area (Å²) in [6.45, 7) is 3.49. The standard InChI is InChI=1S/C11H14O4/c1-6-4-8(15-3)5-7(2)9(6)10(12)11(13)14/h4-5,10,12H,1-3H3,(H,13,14). The molecule has 0 aliphatic rings. The first kappa shape index (κ1) is 11.5. The number of carbonyl (C=O) groups is 1.